The fraction of sp³-hybridized carbons (Fsp3) is 0.400. The molecule has 1 amide bonds. The van der Waals surface area contributed by atoms with E-state index in [-0.39, 0.29) is 17.9 Å². The van der Waals surface area contributed by atoms with Crippen molar-refractivity contribution in [2.45, 2.75) is 32.0 Å². The Morgan fingerprint density at radius 3 is 3.00 bits per heavy atom. The Morgan fingerprint density at radius 2 is 2.15 bits per heavy atom. The van der Waals surface area contributed by atoms with Gasteiger partial charge in [-0.2, -0.15) is 0 Å². The summed E-state index contributed by atoms with van der Waals surface area (Å²) < 4.78 is 10.5. The predicted octanol–water partition coefficient (Wildman–Crippen LogP) is 2.35. The lowest BCUT2D eigenvalue weighted by Gasteiger charge is -2.30. The van der Waals surface area contributed by atoms with Crippen molar-refractivity contribution in [2.75, 3.05) is 13.2 Å². The van der Waals surface area contributed by atoms with Crippen LogP contribution in [0.15, 0.2) is 47.1 Å². The van der Waals surface area contributed by atoms with Gasteiger partial charge >= 0.3 is 5.97 Å². The van der Waals surface area contributed by atoms with E-state index in [9.17, 15) is 9.59 Å². The molecule has 26 heavy (non-hydrogen) atoms. The van der Waals surface area contributed by atoms with Crippen molar-refractivity contribution in [3.63, 3.8) is 0 Å². The second-order valence-corrected chi connectivity index (χ2v) is 6.88. The number of nitrogens with zero attached hydrogens (tertiary/aromatic N) is 1. The van der Waals surface area contributed by atoms with E-state index in [1.165, 1.54) is 0 Å². The number of furan rings is 1. The lowest BCUT2D eigenvalue weighted by Crippen LogP contribution is -2.43. The highest BCUT2D eigenvalue weighted by molar-refractivity contribution is 5.94. The molecule has 3 heterocycles. The molecule has 2 atom stereocenters. The minimum atomic E-state index is -0.139. The van der Waals surface area contributed by atoms with Crippen molar-refractivity contribution in [1.29, 1.82) is 0 Å². The van der Waals surface area contributed by atoms with Crippen LogP contribution in [-0.2, 0) is 22.6 Å². The Kier molecular flexibility index (Phi) is 4.75. The third-order valence-corrected chi connectivity index (χ3v) is 5.18. The summed E-state index contributed by atoms with van der Waals surface area (Å²) in [5.41, 5.74) is 1.63. The molecule has 6 nitrogen and oxygen atoms in total. The first-order valence-electron chi connectivity index (χ1n) is 9.01. The van der Waals surface area contributed by atoms with Crippen LogP contribution in [0.25, 0.3) is 0 Å². The van der Waals surface area contributed by atoms with Gasteiger partial charge in [-0.25, -0.2) is 0 Å². The number of nitrogens with one attached hydrogen (secondary N) is 1. The minimum absolute atomic E-state index is 0.105. The molecule has 0 radical (unpaired) electrons. The maximum Gasteiger partial charge on any atom is 0.323 e. The maximum absolute atomic E-state index is 12.4. The second-order valence-electron chi connectivity index (χ2n) is 6.88. The average molecular weight is 354 g/mol. The summed E-state index contributed by atoms with van der Waals surface area (Å²) in [4.78, 5) is 26.7. The highest BCUT2D eigenvalue weighted by Gasteiger charge is 2.42. The van der Waals surface area contributed by atoms with Gasteiger partial charge in [-0.15, -0.1) is 0 Å². The number of hydrogen-bond donors (Lipinski definition) is 1. The summed E-state index contributed by atoms with van der Waals surface area (Å²) in [6.45, 7) is 2.44. The smallest absolute Gasteiger partial charge is 0.323 e. The van der Waals surface area contributed by atoms with Gasteiger partial charge < -0.3 is 14.5 Å². The summed E-state index contributed by atoms with van der Waals surface area (Å²) in [6.07, 6.45) is 3.56. The first-order chi connectivity index (χ1) is 12.7. The fourth-order valence-electron chi connectivity index (χ4n) is 3.87. The molecular formula is C20H22N2O4. The molecule has 2 saturated heterocycles. The molecule has 1 aromatic heterocycles. The molecule has 4 rings (SSSR count). The molecule has 1 aromatic carbocycles. The first kappa shape index (κ1) is 16.8. The van der Waals surface area contributed by atoms with Crippen molar-refractivity contribution in [1.82, 2.24) is 10.2 Å². The zero-order chi connectivity index (χ0) is 17.9. The van der Waals surface area contributed by atoms with Crippen molar-refractivity contribution in [3.05, 3.63) is 59.5 Å². The zero-order valence-electron chi connectivity index (χ0n) is 14.5. The Bertz CT molecular complexity index is 787. The van der Waals surface area contributed by atoms with E-state index in [0.29, 0.717) is 36.9 Å². The van der Waals surface area contributed by atoms with Gasteiger partial charge in [0.25, 0.3) is 5.91 Å². The third kappa shape index (κ3) is 3.51. The van der Waals surface area contributed by atoms with Crippen LogP contribution in [0.2, 0.25) is 0 Å². The minimum Gasteiger partial charge on any atom is -0.467 e. The molecule has 2 aliphatic rings. The number of fused-ring (bicyclic) bond motifs is 1. The van der Waals surface area contributed by atoms with E-state index < -0.39 is 0 Å². The van der Waals surface area contributed by atoms with E-state index in [0.717, 1.165) is 24.9 Å². The molecule has 0 spiro atoms. The van der Waals surface area contributed by atoms with E-state index >= 15 is 0 Å². The van der Waals surface area contributed by atoms with Gasteiger partial charge in [0.15, 0.2) is 0 Å². The molecule has 136 valence electrons. The fourth-order valence-corrected chi connectivity index (χ4v) is 3.87. The van der Waals surface area contributed by atoms with Crippen LogP contribution >= 0.6 is 0 Å². The number of benzene rings is 1. The van der Waals surface area contributed by atoms with E-state index in [1.54, 1.807) is 18.4 Å². The normalized spacial score (nSPS) is 22.7. The van der Waals surface area contributed by atoms with Crippen LogP contribution < -0.4 is 5.32 Å². The predicted molar refractivity (Wildman–Crippen MR) is 94.2 cm³/mol. The van der Waals surface area contributed by atoms with Gasteiger partial charge in [0.2, 0.25) is 0 Å². The monoisotopic (exact) mass is 354 g/mol. The van der Waals surface area contributed by atoms with E-state index in [1.807, 2.05) is 24.3 Å². The highest BCUT2D eigenvalue weighted by atomic mass is 16.5. The Labute approximate surface area is 152 Å². The van der Waals surface area contributed by atoms with E-state index in [4.69, 9.17) is 9.15 Å². The van der Waals surface area contributed by atoms with Crippen LogP contribution in [0.3, 0.4) is 0 Å². The first-order valence-corrected chi connectivity index (χ1v) is 9.01. The van der Waals surface area contributed by atoms with Crippen LogP contribution in [-0.4, -0.2) is 36.0 Å². The number of likely N-dealkylation sites (tertiary alicyclic amines) is 1. The summed E-state index contributed by atoms with van der Waals surface area (Å²) in [6, 6.07) is 11.0. The van der Waals surface area contributed by atoms with Crippen molar-refractivity contribution < 1.29 is 18.7 Å². The van der Waals surface area contributed by atoms with Crippen LogP contribution in [0.4, 0.5) is 0 Å². The number of esters is 1. The van der Waals surface area contributed by atoms with Gasteiger partial charge in [-0.1, -0.05) is 12.1 Å². The average Bonchev–Trinajstić information content (AvgIpc) is 3.31. The quantitative estimate of drug-likeness (QED) is 0.835. The van der Waals surface area contributed by atoms with Crippen LogP contribution in [0.1, 0.15) is 34.5 Å². The Morgan fingerprint density at radius 1 is 1.23 bits per heavy atom. The van der Waals surface area contributed by atoms with Gasteiger partial charge in [0.1, 0.15) is 11.8 Å². The van der Waals surface area contributed by atoms with Crippen LogP contribution in [0, 0.1) is 5.92 Å². The lowest BCUT2D eigenvalue weighted by atomic mass is 9.95. The number of carbonyl (C=O) groups is 2. The number of rotatable bonds is 5. The SMILES string of the molecule is O=C(NCc1ccco1)c1cccc(CN2CCC3CCOC(=O)C32)c1. The number of cyclic esters (lactones) is 1. The van der Waals surface area contributed by atoms with Crippen molar-refractivity contribution >= 4 is 11.9 Å². The number of carbonyl (C=O) groups excluding carboxylic acids is 2. The summed E-state index contributed by atoms with van der Waals surface area (Å²) in [7, 11) is 0. The summed E-state index contributed by atoms with van der Waals surface area (Å²) in [5.74, 6) is 0.871. The number of amides is 1. The Balaban J connectivity index is 1.41. The summed E-state index contributed by atoms with van der Waals surface area (Å²) >= 11 is 0. The molecule has 2 unspecified atom stereocenters. The maximum atomic E-state index is 12.4. The lowest BCUT2D eigenvalue weighted by molar-refractivity contribution is -0.155. The zero-order valence-corrected chi connectivity index (χ0v) is 14.5. The number of hydrogen-bond acceptors (Lipinski definition) is 5. The van der Waals surface area contributed by atoms with Crippen molar-refractivity contribution in [2.24, 2.45) is 5.92 Å². The molecule has 2 aliphatic heterocycles. The molecule has 1 N–H and O–H groups in total. The molecule has 0 saturated carbocycles. The molecule has 6 heteroatoms. The number of ether oxygens (including phenoxy) is 1. The van der Waals surface area contributed by atoms with Gasteiger partial charge in [-0.05, 0) is 55.1 Å². The molecule has 0 aliphatic carbocycles. The van der Waals surface area contributed by atoms with Crippen molar-refractivity contribution in [3.8, 4) is 0 Å². The standard InChI is InChI=1S/C20H22N2O4/c23-19(21-12-17-5-2-9-25-17)16-4-1-3-14(11-16)13-22-8-6-15-7-10-26-20(24)18(15)22/h1-5,9,11,15,18H,6-8,10,12-13H2,(H,21,23). The largest absolute Gasteiger partial charge is 0.467 e. The van der Waals surface area contributed by atoms with E-state index in [2.05, 4.69) is 10.2 Å². The molecular weight excluding hydrogens is 332 g/mol. The third-order valence-electron chi connectivity index (χ3n) is 5.18. The summed E-state index contributed by atoms with van der Waals surface area (Å²) in [5, 5.41) is 2.85. The van der Waals surface area contributed by atoms with Gasteiger partial charge in [0, 0.05) is 12.1 Å². The molecule has 2 fully saturated rings. The van der Waals surface area contributed by atoms with Gasteiger partial charge in [-0.3, -0.25) is 14.5 Å². The molecule has 2 aromatic rings. The van der Waals surface area contributed by atoms with Crippen LogP contribution in [0.5, 0.6) is 0 Å². The second kappa shape index (κ2) is 7.33. The Hall–Kier alpha value is -2.60. The van der Waals surface area contributed by atoms with Gasteiger partial charge in [0.05, 0.1) is 19.4 Å². The topological polar surface area (TPSA) is 71.8 Å². The highest BCUT2D eigenvalue weighted by Crippen LogP contribution is 2.32. The molecule has 0 bridgehead atoms.